The number of ether oxygens (including phenoxy) is 6. The Morgan fingerprint density at radius 2 is 0.726 bits per heavy atom. The molecule has 19 heteroatoms. The van der Waals surface area contributed by atoms with Crippen LogP contribution in [0.1, 0.15) is 245 Å². The maximum absolute atomic E-state index is 13.4. The lowest BCUT2D eigenvalue weighted by Gasteiger charge is -2.48. The van der Waals surface area contributed by atoms with E-state index in [1.54, 1.807) is 6.08 Å². The zero-order chi connectivity index (χ0) is 68.9. The van der Waals surface area contributed by atoms with Crippen LogP contribution < -0.4 is 5.32 Å². The van der Waals surface area contributed by atoms with Crippen molar-refractivity contribution < 1.29 is 89.4 Å². The van der Waals surface area contributed by atoms with E-state index < -0.39 is 124 Å². The molecule has 0 radical (unpaired) electrons. The highest BCUT2D eigenvalue weighted by Gasteiger charge is 2.53. The lowest BCUT2D eigenvalue weighted by Crippen LogP contribution is -2.66. The Morgan fingerprint density at radius 3 is 1.14 bits per heavy atom. The van der Waals surface area contributed by atoms with E-state index in [9.17, 15) is 61.0 Å². The van der Waals surface area contributed by atoms with Crippen LogP contribution >= 0.6 is 0 Å². The summed E-state index contributed by atoms with van der Waals surface area (Å²) in [4.78, 5) is 13.4. The van der Waals surface area contributed by atoms with Gasteiger partial charge in [0.1, 0.15) is 73.2 Å². The van der Waals surface area contributed by atoms with Crippen molar-refractivity contribution in [1.82, 2.24) is 5.32 Å². The highest BCUT2D eigenvalue weighted by molar-refractivity contribution is 5.76. The lowest BCUT2D eigenvalue weighted by molar-refractivity contribution is -0.379. The number of hydrogen-bond donors (Lipinski definition) is 12. The summed E-state index contributed by atoms with van der Waals surface area (Å²) < 4.78 is 34.4. The second-order valence-corrected chi connectivity index (χ2v) is 26.0. The van der Waals surface area contributed by atoms with Crippen molar-refractivity contribution in [3.63, 3.8) is 0 Å². The number of carbonyl (C=O) groups excluding carboxylic acids is 1. The summed E-state index contributed by atoms with van der Waals surface area (Å²) >= 11 is 0. The van der Waals surface area contributed by atoms with Gasteiger partial charge in [-0.05, 0) is 77.0 Å². The summed E-state index contributed by atoms with van der Waals surface area (Å²) in [6.45, 7) is 1.60. The summed E-state index contributed by atoms with van der Waals surface area (Å²) in [6, 6.07) is -1.000. The molecule has 3 saturated heterocycles. The molecule has 3 fully saturated rings. The third kappa shape index (κ3) is 37.6. The molecule has 3 rings (SSSR count). The first-order chi connectivity index (χ1) is 46.3. The van der Waals surface area contributed by atoms with Crippen LogP contribution in [0, 0.1) is 0 Å². The molecule has 3 aliphatic rings. The minimum absolute atomic E-state index is 0.198. The molecule has 0 aromatic heterocycles. The highest BCUT2D eigenvalue weighted by Crippen LogP contribution is 2.33. The van der Waals surface area contributed by atoms with Crippen molar-refractivity contribution in [3.8, 4) is 0 Å². The summed E-state index contributed by atoms with van der Waals surface area (Å²) in [5, 5.41) is 121. The van der Waals surface area contributed by atoms with Crippen molar-refractivity contribution in [2.45, 2.75) is 349 Å². The Kier molecular flexibility index (Phi) is 51.1. The largest absolute Gasteiger partial charge is 0.394 e. The first kappa shape index (κ1) is 85.9. The standard InChI is InChI=1S/C76H131NO18/c1-3-5-7-9-11-13-15-17-19-21-23-25-27-29-31-33-35-37-39-41-43-45-47-49-51-53-60(81)59(77-64(82)54-52-50-48-46-44-42-40-38-36-34-32-30-28-26-24-22-20-18-16-14-12-10-8-6-4-2)58-90-74-70(88)67(85)72(62(56-79)92-74)95-76-71(89)68(86)73(63(57-80)93-76)94-75-69(87)66(84)65(83)61(55-78)91-75/h6,8,12,14,18,20,24,26,30,32,36,38,42,44,51,53,59-63,65-76,78-81,83-89H,3-5,7,9-11,13,15-17,19,21-23,25,27-29,31,33-35,37,39-41,43,45-50,52,54-58H2,1-2H3,(H,77,82)/b8-6-,14-12-,20-18-,26-24-,32-30-,38-36-,44-42-,53-51+. The average Bonchev–Trinajstić information content (AvgIpc) is 0.787. The predicted octanol–water partition coefficient (Wildman–Crippen LogP) is 10.8. The van der Waals surface area contributed by atoms with Crippen LogP contribution in [-0.4, -0.2) is 193 Å². The fourth-order valence-corrected chi connectivity index (χ4v) is 11.9. The Bertz CT molecular complexity index is 2100. The average molecular weight is 1350 g/mol. The Balaban J connectivity index is 1.44. The molecule has 0 aromatic rings. The zero-order valence-corrected chi connectivity index (χ0v) is 58.1. The molecule has 3 aliphatic heterocycles. The first-order valence-corrected chi connectivity index (χ1v) is 37.0. The second-order valence-electron chi connectivity index (χ2n) is 26.0. The van der Waals surface area contributed by atoms with Crippen LogP contribution in [0.15, 0.2) is 97.2 Å². The topological polar surface area (TPSA) is 307 Å². The fourth-order valence-electron chi connectivity index (χ4n) is 11.9. The van der Waals surface area contributed by atoms with Crippen molar-refractivity contribution in [3.05, 3.63) is 97.2 Å². The van der Waals surface area contributed by atoms with Gasteiger partial charge in [0, 0.05) is 6.42 Å². The van der Waals surface area contributed by atoms with Crippen LogP contribution in [-0.2, 0) is 33.2 Å². The number of aliphatic hydroxyl groups is 11. The number of carbonyl (C=O) groups is 1. The Morgan fingerprint density at radius 1 is 0.389 bits per heavy atom. The van der Waals surface area contributed by atoms with Gasteiger partial charge in [-0.3, -0.25) is 4.79 Å². The number of amides is 1. The van der Waals surface area contributed by atoms with Crippen molar-refractivity contribution in [2.75, 3.05) is 26.4 Å². The van der Waals surface area contributed by atoms with E-state index in [0.29, 0.717) is 6.42 Å². The Hall–Kier alpha value is -3.29. The maximum atomic E-state index is 13.4. The predicted molar refractivity (Wildman–Crippen MR) is 374 cm³/mol. The van der Waals surface area contributed by atoms with E-state index in [1.807, 2.05) is 6.08 Å². The summed E-state index contributed by atoms with van der Waals surface area (Å²) in [7, 11) is 0. The molecule has 95 heavy (non-hydrogen) atoms. The van der Waals surface area contributed by atoms with Gasteiger partial charge in [-0.15, -0.1) is 0 Å². The minimum Gasteiger partial charge on any atom is -0.394 e. The van der Waals surface area contributed by atoms with E-state index in [-0.39, 0.29) is 18.9 Å². The maximum Gasteiger partial charge on any atom is 0.220 e. The van der Waals surface area contributed by atoms with Crippen LogP contribution in [0.25, 0.3) is 0 Å². The molecule has 1 amide bonds. The van der Waals surface area contributed by atoms with E-state index in [0.717, 1.165) is 89.9 Å². The highest BCUT2D eigenvalue weighted by atomic mass is 16.8. The summed E-state index contributed by atoms with van der Waals surface area (Å²) in [5.41, 5.74) is 0. The van der Waals surface area contributed by atoms with Gasteiger partial charge in [0.25, 0.3) is 0 Å². The van der Waals surface area contributed by atoms with Gasteiger partial charge in [0.05, 0.1) is 38.6 Å². The Labute approximate surface area is 571 Å². The van der Waals surface area contributed by atoms with Gasteiger partial charge in [-0.25, -0.2) is 0 Å². The summed E-state index contributed by atoms with van der Waals surface area (Å²) in [6.07, 6.45) is 48.0. The third-order valence-corrected chi connectivity index (χ3v) is 17.9. The minimum atomic E-state index is -1.99. The van der Waals surface area contributed by atoms with Crippen molar-refractivity contribution >= 4 is 5.91 Å². The molecule has 17 unspecified atom stereocenters. The number of rotatable bonds is 56. The number of unbranched alkanes of at least 4 members (excludes halogenated alkanes) is 26. The fraction of sp³-hybridized carbons (Fsp3) is 0.776. The first-order valence-electron chi connectivity index (χ1n) is 37.0. The molecule has 0 aromatic carbocycles. The molecule has 19 nitrogen and oxygen atoms in total. The molecule has 12 N–H and O–H groups in total. The van der Waals surface area contributed by atoms with Crippen molar-refractivity contribution in [2.24, 2.45) is 0 Å². The van der Waals surface area contributed by atoms with Crippen LogP contribution in [0.3, 0.4) is 0 Å². The summed E-state index contributed by atoms with van der Waals surface area (Å²) in [5.74, 6) is -0.309. The molecular formula is C76H131NO18. The van der Waals surface area contributed by atoms with Gasteiger partial charge >= 0.3 is 0 Å². The van der Waals surface area contributed by atoms with E-state index in [4.69, 9.17) is 28.4 Å². The van der Waals surface area contributed by atoms with E-state index in [1.165, 1.54) is 128 Å². The van der Waals surface area contributed by atoms with Gasteiger partial charge in [0.15, 0.2) is 18.9 Å². The molecular weight excluding hydrogens is 1210 g/mol. The lowest BCUT2D eigenvalue weighted by atomic mass is 9.96. The number of aliphatic hydroxyl groups excluding tert-OH is 11. The molecule has 3 heterocycles. The van der Waals surface area contributed by atoms with Gasteiger partial charge in [0.2, 0.25) is 5.91 Å². The SMILES string of the molecule is CC/C=C\C/C=C\C/C=C\C/C=C\C/C=C\C/C=C\C/C=C\CCCCCC(=O)NC(COC1OC(CO)C(OC2OC(CO)C(OC3OC(CO)C(O)C(O)C3O)C(O)C2O)C(O)C1O)C(O)/C=C/CCCCCCCCCCCCCCCCCCCCCCCCC. The molecule has 548 valence electrons. The smallest absolute Gasteiger partial charge is 0.220 e. The van der Waals surface area contributed by atoms with Crippen LogP contribution in [0.4, 0.5) is 0 Å². The van der Waals surface area contributed by atoms with Crippen LogP contribution in [0.2, 0.25) is 0 Å². The molecule has 0 bridgehead atoms. The zero-order valence-electron chi connectivity index (χ0n) is 58.1. The molecule has 17 atom stereocenters. The van der Waals surface area contributed by atoms with Crippen molar-refractivity contribution in [1.29, 1.82) is 0 Å². The normalized spacial score (nSPS) is 27.8. The number of allylic oxidation sites excluding steroid dienone is 15. The molecule has 0 saturated carbocycles. The van der Waals surface area contributed by atoms with E-state index >= 15 is 0 Å². The third-order valence-electron chi connectivity index (χ3n) is 17.9. The van der Waals surface area contributed by atoms with Gasteiger partial charge in [-0.2, -0.15) is 0 Å². The van der Waals surface area contributed by atoms with E-state index in [2.05, 4.69) is 104 Å². The number of nitrogens with one attached hydrogen (secondary N) is 1. The molecule has 0 spiro atoms. The van der Waals surface area contributed by atoms with Gasteiger partial charge < -0.3 is 89.9 Å². The molecule has 0 aliphatic carbocycles. The van der Waals surface area contributed by atoms with Gasteiger partial charge in [-0.1, -0.05) is 259 Å². The van der Waals surface area contributed by atoms with Crippen LogP contribution in [0.5, 0.6) is 0 Å². The number of hydrogen-bond acceptors (Lipinski definition) is 18. The second kappa shape index (κ2) is 56.5. The quantitative estimate of drug-likeness (QED) is 0.0199. The monoisotopic (exact) mass is 1350 g/mol.